The summed E-state index contributed by atoms with van der Waals surface area (Å²) in [6.07, 6.45) is 0. The van der Waals surface area contributed by atoms with Crippen LogP contribution in [-0.4, -0.2) is 23.6 Å². The maximum atomic E-state index is 13.4. The summed E-state index contributed by atoms with van der Waals surface area (Å²) >= 11 is 0. The quantitative estimate of drug-likeness (QED) is 0.454. The van der Waals surface area contributed by atoms with Crippen LogP contribution in [-0.2, 0) is 9.53 Å². The Labute approximate surface area is 129 Å². The maximum absolute atomic E-state index is 13.4. The Bertz CT molecular complexity index is 765. The molecule has 120 valence electrons. The van der Waals surface area contributed by atoms with E-state index >= 15 is 0 Å². The van der Waals surface area contributed by atoms with E-state index in [1.54, 1.807) is 0 Å². The van der Waals surface area contributed by atoms with Gasteiger partial charge >= 0.3 is 5.97 Å². The normalized spacial score (nSPS) is 10.2. The van der Waals surface area contributed by atoms with Crippen molar-refractivity contribution in [3.05, 3.63) is 53.6 Å². The van der Waals surface area contributed by atoms with Crippen LogP contribution in [0.5, 0.6) is 5.75 Å². The van der Waals surface area contributed by atoms with Crippen LogP contribution in [0.1, 0.15) is 10.4 Å². The number of hydrogen-bond donors (Lipinski definition) is 3. The predicted molar refractivity (Wildman–Crippen MR) is 77.8 cm³/mol. The second-order valence-corrected chi connectivity index (χ2v) is 4.52. The van der Waals surface area contributed by atoms with Crippen LogP contribution in [0.15, 0.2) is 36.4 Å². The van der Waals surface area contributed by atoms with Gasteiger partial charge in [-0.25, -0.2) is 13.6 Å². The van der Waals surface area contributed by atoms with E-state index in [-0.39, 0.29) is 22.7 Å². The van der Waals surface area contributed by atoms with Crippen molar-refractivity contribution in [2.45, 2.75) is 0 Å². The number of nitrogen functional groups attached to an aromatic ring is 1. The van der Waals surface area contributed by atoms with Gasteiger partial charge in [-0.2, -0.15) is 0 Å². The van der Waals surface area contributed by atoms with E-state index in [2.05, 4.69) is 5.32 Å². The molecular formula is C15H12F2N2O4. The summed E-state index contributed by atoms with van der Waals surface area (Å²) in [5, 5.41) is 11.4. The molecule has 2 aromatic rings. The molecule has 0 saturated heterocycles. The lowest BCUT2D eigenvalue weighted by molar-refractivity contribution is -0.119. The lowest BCUT2D eigenvalue weighted by Crippen LogP contribution is -2.21. The number of nitrogens with two attached hydrogens (primary N) is 1. The van der Waals surface area contributed by atoms with Gasteiger partial charge in [0.2, 0.25) is 0 Å². The molecule has 0 saturated carbocycles. The first-order valence-corrected chi connectivity index (χ1v) is 6.37. The van der Waals surface area contributed by atoms with Crippen LogP contribution in [0, 0.1) is 11.6 Å². The Kier molecular flexibility index (Phi) is 4.75. The Hall–Kier alpha value is -3.16. The lowest BCUT2D eigenvalue weighted by Gasteiger charge is -2.09. The average Bonchev–Trinajstić information content (AvgIpc) is 2.50. The third-order valence-corrected chi connectivity index (χ3v) is 2.80. The summed E-state index contributed by atoms with van der Waals surface area (Å²) < 4.78 is 30.8. The number of rotatable bonds is 4. The summed E-state index contributed by atoms with van der Waals surface area (Å²) in [4.78, 5) is 23.4. The smallest absolute Gasteiger partial charge is 0.340 e. The molecule has 8 heteroatoms. The van der Waals surface area contributed by atoms with Crippen molar-refractivity contribution >= 4 is 23.3 Å². The Morgan fingerprint density at radius 2 is 1.91 bits per heavy atom. The van der Waals surface area contributed by atoms with E-state index in [9.17, 15) is 23.5 Å². The van der Waals surface area contributed by atoms with E-state index in [1.165, 1.54) is 12.1 Å². The zero-order chi connectivity index (χ0) is 17.0. The van der Waals surface area contributed by atoms with Gasteiger partial charge in [0, 0.05) is 11.8 Å². The van der Waals surface area contributed by atoms with Gasteiger partial charge < -0.3 is 20.9 Å². The molecule has 0 bridgehead atoms. The van der Waals surface area contributed by atoms with Crippen molar-refractivity contribution in [3.8, 4) is 5.75 Å². The number of phenolic OH excluding ortho intramolecular Hbond substituents is 1. The van der Waals surface area contributed by atoms with Crippen molar-refractivity contribution in [2.24, 2.45) is 0 Å². The van der Waals surface area contributed by atoms with Crippen LogP contribution < -0.4 is 11.1 Å². The number of phenols is 1. The minimum atomic E-state index is -0.957. The Morgan fingerprint density at radius 1 is 1.17 bits per heavy atom. The van der Waals surface area contributed by atoms with Crippen LogP contribution in [0.3, 0.4) is 0 Å². The first-order chi connectivity index (χ1) is 10.9. The third kappa shape index (κ3) is 4.16. The average molecular weight is 322 g/mol. The zero-order valence-corrected chi connectivity index (χ0v) is 11.7. The van der Waals surface area contributed by atoms with Crippen molar-refractivity contribution in [2.75, 3.05) is 17.7 Å². The first kappa shape index (κ1) is 16.2. The summed E-state index contributed by atoms with van der Waals surface area (Å²) in [6, 6.07) is 6.30. The number of halogens is 2. The van der Waals surface area contributed by atoms with Crippen LogP contribution >= 0.6 is 0 Å². The molecule has 2 aromatic carbocycles. The fourth-order valence-electron chi connectivity index (χ4n) is 1.71. The van der Waals surface area contributed by atoms with Gasteiger partial charge in [0.25, 0.3) is 5.91 Å². The molecule has 0 heterocycles. The largest absolute Gasteiger partial charge is 0.508 e. The summed E-state index contributed by atoms with van der Waals surface area (Å²) in [5.74, 6) is -3.67. The molecule has 0 spiro atoms. The number of hydrogen-bond acceptors (Lipinski definition) is 5. The molecule has 1 amide bonds. The number of benzene rings is 2. The van der Waals surface area contributed by atoms with E-state index in [0.717, 1.165) is 18.2 Å². The van der Waals surface area contributed by atoms with Gasteiger partial charge in [0.15, 0.2) is 6.61 Å². The van der Waals surface area contributed by atoms with E-state index in [0.29, 0.717) is 6.07 Å². The predicted octanol–water partition coefficient (Wildman–Crippen LogP) is 2.05. The number of carbonyl (C=O) groups is 2. The van der Waals surface area contributed by atoms with Crippen LogP contribution in [0.2, 0.25) is 0 Å². The summed E-state index contributed by atoms with van der Waals surface area (Å²) in [7, 11) is 0. The number of carbonyl (C=O) groups excluding carboxylic acids is 2. The molecule has 4 N–H and O–H groups in total. The highest BCUT2D eigenvalue weighted by atomic mass is 19.1. The van der Waals surface area contributed by atoms with Crippen molar-refractivity contribution in [3.63, 3.8) is 0 Å². The maximum Gasteiger partial charge on any atom is 0.340 e. The topological polar surface area (TPSA) is 102 Å². The first-order valence-electron chi connectivity index (χ1n) is 6.37. The van der Waals surface area contributed by atoms with Crippen LogP contribution in [0.25, 0.3) is 0 Å². The number of nitrogens with one attached hydrogen (secondary N) is 1. The summed E-state index contributed by atoms with van der Waals surface area (Å²) in [5.41, 5.74) is 5.27. The fourth-order valence-corrected chi connectivity index (χ4v) is 1.71. The molecule has 0 aliphatic heterocycles. The highest BCUT2D eigenvalue weighted by Crippen LogP contribution is 2.19. The molecule has 0 atom stereocenters. The molecule has 23 heavy (non-hydrogen) atoms. The van der Waals surface area contributed by atoms with Gasteiger partial charge in [0.1, 0.15) is 17.4 Å². The minimum Gasteiger partial charge on any atom is -0.508 e. The van der Waals surface area contributed by atoms with Crippen molar-refractivity contribution in [1.29, 1.82) is 0 Å². The highest BCUT2D eigenvalue weighted by molar-refractivity contribution is 5.98. The van der Waals surface area contributed by atoms with E-state index in [1.807, 2.05) is 0 Å². The van der Waals surface area contributed by atoms with Gasteiger partial charge in [-0.05, 0) is 30.3 Å². The molecule has 2 rings (SSSR count). The molecule has 0 fully saturated rings. The van der Waals surface area contributed by atoms with Gasteiger partial charge in [0.05, 0.1) is 11.3 Å². The SMILES string of the molecule is Nc1ccc(O)cc1C(=O)OCC(=O)Nc1ccc(F)cc1F. The molecule has 0 radical (unpaired) electrons. The molecular weight excluding hydrogens is 310 g/mol. The molecule has 0 aliphatic carbocycles. The van der Waals surface area contributed by atoms with Gasteiger partial charge in [-0.3, -0.25) is 4.79 Å². The third-order valence-electron chi connectivity index (χ3n) is 2.80. The van der Waals surface area contributed by atoms with E-state index in [4.69, 9.17) is 10.5 Å². The minimum absolute atomic E-state index is 0.0674. The summed E-state index contributed by atoms with van der Waals surface area (Å²) in [6.45, 7) is -0.704. The Balaban J connectivity index is 1.96. The van der Waals surface area contributed by atoms with Crippen LogP contribution in [0.4, 0.5) is 20.2 Å². The molecule has 0 aliphatic rings. The van der Waals surface area contributed by atoms with Crippen molar-refractivity contribution < 1.29 is 28.2 Å². The number of ether oxygens (including phenoxy) is 1. The zero-order valence-electron chi connectivity index (χ0n) is 11.7. The standard InChI is InChI=1S/C15H12F2N2O4/c16-8-1-4-13(11(17)5-8)19-14(21)7-23-15(22)10-6-9(20)2-3-12(10)18/h1-6,20H,7,18H2,(H,19,21). The number of esters is 1. The van der Waals surface area contributed by atoms with Gasteiger partial charge in [-0.15, -0.1) is 0 Å². The molecule has 6 nitrogen and oxygen atoms in total. The highest BCUT2D eigenvalue weighted by Gasteiger charge is 2.15. The molecule has 0 unspecified atom stereocenters. The number of amides is 1. The molecule has 0 aromatic heterocycles. The number of aromatic hydroxyl groups is 1. The Morgan fingerprint density at radius 3 is 2.61 bits per heavy atom. The second-order valence-electron chi connectivity index (χ2n) is 4.52. The van der Waals surface area contributed by atoms with E-state index < -0.39 is 30.1 Å². The number of anilines is 2. The fraction of sp³-hybridized carbons (Fsp3) is 0.0667. The second kappa shape index (κ2) is 6.73. The lowest BCUT2D eigenvalue weighted by atomic mass is 10.2. The van der Waals surface area contributed by atoms with Crippen molar-refractivity contribution in [1.82, 2.24) is 0 Å². The monoisotopic (exact) mass is 322 g/mol. The van der Waals surface area contributed by atoms with Gasteiger partial charge in [-0.1, -0.05) is 0 Å².